The van der Waals surface area contributed by atoms with Gasteiger partial charge < -0.3 is 15.4 Å². The van der Waals surface area contributed by atoms with Crippen molar-refractivity contribution in [2.75, 3.05) is 43.8 Å². The molecule has 194 valence electrons. The second-order valence-electron chi connectivity index (χ2n) is 8.27. The van der Waals surface area contributed by atoms with E-state index in [0.29, 0.717) is 22.4 Å². The number of hydrogen-bond acceptors (Lipinski definition) is 8. The van der Waals surface area contributed by atoms with E-state index in [-0.39, 0.29) is 16.5 Å². The van der Waals surface area contributed by atoms with Crippen LogP contribution in [0.2, 0.25) is 5.02 Å². The Morgan fingerprint density at radius 1 is 1.08 bits per heavy atom. The van der Waals surface area contributed by atoms with Gasteiger partial charge in [-0.15, -0.1) is 0 Å². The molecule has 1 fully saturated rings. The van der Waals surface area contributed by atoms with Gasteiger partial charge in [0, 0.05) is 50.2 Å². The van der Waals surface area contributed by atoms with Gasteiger partial charge in [-0.1, -0.05) is 29.4 Å². The highest BCUT2D eigenvalue weighted by Crippen LogP contribution is 2.36. The third kappa shape index (κ3) is 6.45. The highest BCUT2D eigenvalue weighted by molar-refractivity contribution is 7.99. The predicted octanol–water partition coefficient (Wildman–Crippen LogP) is 5.33. The van der Waals surface area contributed by atoms with Crippen molar-refractivity contribution in [3.05, 3.63) is 65.3 Å². The monoisotopic (exact) mass is 549 g/mol. The molecule has 0 aliphatic carbocycles. The predicted molar refractivity (Wildman–Crippen MR) is 137 cm³/mol. The molecule has 0 radical (unpaired) electrons. The molecular weight excluding hydrogens is 527 g/mol. The normalized spacial score (nSPS) is 14.7. The van der Waals surface area contributed by atoms with Crippen molar-refractivity contribution in [1.82, 2.24) is 29.8 Å². The highest BCUT2D eigenvalue weighted by Gasteiger charge is 2.30. The molecule has 1 saturated heterocycles. The summed E-state index contributed by atoms with van der Waals surface area (Å²) in [6, 6.07) is 11.3. The van der Waals surface area contributed by atoms with Gasteiger partial charge in [0.25, 0.3) is 0 Å². The van der Waals surface area contributed by atoms with E-state index in [2.05, 4.69) is 30.6 Å². The van der Waals surface area contributed by atoms with Crippen LogP contribution >= 0.6 is 23.4 Å². The number of nitrogens with zero attached hydrogens (tertiary/aromatic N) is 5. The number of ether oxygens (including phenoxy) is 1. The van der Waals surface area contributed by atoms with Gasteiger partial charge in [0.15, 0.2) is 10.8 Å². The van der Waals surface area contributed by atoms with Crippen molar-refractivity contribution in [2.24, 2.45) is 0 Å². The zero-order valence-corrected chi connectivity index (χ0v) is 21.1. The number of nitrogens with one attached hydrogen (secondary N) is 2. The fraction of sp³-hybridized carbons (Fsp3) is 0.292. The maximum Gasteiger partial charge on any atom is 0.416 e. The lowest BCUT2D eigenvalue weighted by atomic mass is 10.2. The SMILES string of the molecule is FC(F)(F)c1cccc(Oc2ccc(Nc3nc(SCCN4CCNCC4)nc4ccnn34)cc2Cl)c1. The molecule has 1 aliphatic rings. The second kappa shape index (κ2) is 11.1. The molecule has 3 heterocycles. The Morgan fingerprint density at radius 3 is 2.70 bits per heavy atom. The van der Waals surface area contributed by atoms with Crippen molar-refractivity contribution >= 4 is 40.6 Å². The molecule has 5 rings (SSSR count). The van der Waals surface area contributed by atoms with Crippen molar-refractivity contribution in [1.29, 1.82) is 0 Å². The lowest BCUT2D eigenvalue weighted by molar-refractivity contribution is -0.137. The van der Waals surface area contributed by atoms with Crippen LogP contribution in [0.3, 0.4) is 0 Å². The van der Waals surface area contributed by atoms with Crippen LogP contribution in [0.4, 0.5) is 24.8 Å². The molecule has 0 spiro atoms. The fourth-order valence-corrected chi connectivity index (χ4v) is 4.87. The first-order valence-electron chi connectivity index (χ1n) is 11.5. The summed E-state index contributed by atoms with van der Waals surface area (Å²) in [6.07, 6.45) is -2.82. The van der Waals surface area contributed by atoms with Crippen LogP contribution in [0.5, 0.6) is 11.5 Å². The van der Waals surface area contributed by atoms with E-state index in [1.807, 2.05) is 0 Å². The molecule has 2 aromatic carbocycles. The molecule has 0 atom stereocenters. The van der Waals surface area contributed by atoms with Crippen molar-refractivity contribution in [2.45, 2.75) is 11.3 Å². The van der Waals surface area contributed by atoms with Crippen molar-refractivity contribution in [3.63, 3.8) is 0 Å². The number of rotatable bonds is 8. The minimum Gasteiger partial charge on any atom is -0.456 e. The average Bonchev–Trinajstić information content (AvgIpc) is 3.35. The maximum atomic E-state index is 13.0. The van der Waals surface area contributed by atoms with E-state index in [0.717, 1.165) is 50.6 Å². The van der Waals surface area contributed by atoms with Gasteiger partial charge in [-0.3, -0.25) is 4.90 Å². The number of thioether (sulfide) groups is 1. The van der Waals surface area contributed by atoms with E-state index >= 15 is 0 Å². The third-order valence-electron chi connectivity index (χ3n) is 5.66. The molecule has 2 N–H and O–H groups in total. The largest absolute Gasteiger partial charge is 0.456 e. The molecule has 0 bridgehead atoms. The van der Waals surface area contributed by atoms with E-state index in [4.69, 9.17) is 16.3 Å². The Labute approximate surface area is 220 Å². The van der Waals surface area contributed by atoms with Gasteiger partial charge in [0.2, 0.25) is 5.95 Å². The van der Waals surface area contributed by atoms with Gasteiger partial charge in [-0.25, -0.2) is 4.98 Å². The summed E-state index contributed by atoms with van der Waals surface area (Å²) in [5.41, 5.74) is 0.458. The number of alkyl halides is 3. The third-order valence-corrected chi connectivity index (χ3v) is 6.78. The Bertz CT molecular complexity index is 1380. The Balaban J connectivity index is 1.29. The Kier molecular flexibility index (Phi) is 7.70. The van der Waals surface area contributed by atoms with E-state index in [9.17, 15) is 13.2 Å². The van der Waals surface area contributed by atoms with Crippen molar-refractivity contribution < 1.29 is 17.9 Å². The molecule has 0 unspecified atom stereocenters. The van der Waals surface area contributed by atoms with Gasteiger partial charge in [-0.05, 0) is 36.4 Å². The lowest BCUT2D eigenvalue weighted by Crippen LogP contribution is -2.44. The van der Waals surface area contributed by atoms with Gasteiger partial charge in [0.05, 0.1) is 16.8 Å². The summed E-state index contributed by atoms with van der Waals surface area (Å²) >= 11 is 7.97. The second-order valence-corrected chi connectivity index (χ2v) is 9.74. The topological polar surface area (TPSA) is 79.6 Å². The first-order chi connectivity index (χ1) is 17.8. The number of halogens is 4. The zero-order chi connectivity index (χ0) is 25.8. The summed E-state index contributed by atoms with van der Waals surface area (Å²) in [5.74, 6) is 1.58. The summed E-state index contributed by atoms with van der Waals surface area (Å²) < 4.78 is 46.2. The summed E-state index contributed by atoms with van der Waals surface area (Å²) in [5, 5.41) is 11.7. The van der Waals surface area contributed by atoms with Gasteiger partial charge in [0.1, 0.15) is 11.5 Å². The molecule has 4 aromatic rings. The summed E-state index contributed by atoms with van der Waals surface area (Å²) in [4.78, 5) is 11.6. The van der Waals surface area contributed by atoms with Gasteiger partial charge in [-0.2, -0.15) is 27.8 Å². The first-order valence-corrected chi connectivity index (χ1v) is 12.9. The number of anilines is 2. The molecule has 8 nitrogen and oxygen atoms in total. The van der Waals surface area contributed by atoms with Crippen LogP contribution in [-0.4, -0.2) is 63.0 Å². The maximum absolute atomic E-state index is 13.0. The minimum absolute atomic E-state index is 0.0361. The summed E-state index contributed by atoms with van der Waals surface area (Å²) in [6.45, 7) is 5.02. The van der Waals surface area contributed by atoms with E-state index in [1.165, 1.54) is 12.1 Å². The molecule has 1 aliphatic heterocycles. The Morgan fingerprint density at radius 2 is 1.92 bits per heavy atom. The quantitative estimate of drug-likeness (QED) is 0.286. The van der Waals surface area contributed by atoms with Crippen LogP contribution in [0.1, 0.15) is 5.56 Å². The van der Waals surface area contributed by atoms with E-state index < -0.39 is 11.7 Å². The zero-order valence-electron chi connectivity index (χ0n) is 19.5. The first kappa shape index (κ1) is 25.6. The van der Waals surface area contributed by atoms with Crippen LogP contribution < -0.4 is 15.4 Å². The van der Waals surface area contributed by atoms with E-state index in [1.54, 1.807) is 46.7 Å². The standard InChI is InChI=1S/C24H23ClF3N7OS/c25-19-15-17(4-5-20(19)36-18-3-1-2-16(14-18)24(26,27)28)31-22-33-23(32-21-6-7-30-35(21)22)37-13-12-34-10-8-29-9-11-34/h1-7,14-15,29H,8-13H2,(H,31,32,33). The fourth-order valence-electron chi connectivity index (χ4n) is 3.80. The van der Waals surface area contributed by atoms with Crippen LogP contribution in [-0.2, 0) is 6.18 Å². The van der Waals surface area contributed by atoms with Crippen LogP contribution in [0.25, 0.3) is 5.65 Å². The molecule has 13 heteroatoms. The minimum atomic E-state index is -4.46. The Hall–Kier alpha value is -3.06. The lowest BCUT2D eigenvalue weighted by Gasteiger charge is -2.26. The number of benzene rings is 2. The molecule has 37 heavy (non-hydrogen) atoms. The average molecular weight is 550 g/mol. The molecule has 0 amide bonds. The summed E-state index contributed by atoms with van der Waals surface area (Å²) in [7, 11) is 0. The molecular formula is C24H23ClF3N7OS. The molecule has 2 aromatic heterocycles. The van der Waals surface area contributed by atoms with Crippen molar-refractivity contribution in [3.8, 4) is 11.5 Å². The highest BCUT2D eigenvalue weighted by atomic mass is 35.5. The number of fused-ring (bicyclic) bond motifs is 1. The molecule has 0 saturated carbocycles. The number of aromatic nitrogens is 4. The number of piperazine rings is 1. The van der Waals surface area contributed by atoms with Crippen LogP contribution in [0.15, 0.2) is 59.9 Å². The smallest absolute Gasteiger partial charge is 0.416 e. The van der Waals surface area contributed by atoms with Crippen LogP contribution in [0, 0.1) is 0 Å². The number of hydrogen-bond donors (Lipinski definition) is 2. The van der Waals surface area contributed by atoms with Gasteiger partial charge >= 0.3 is 6.18 Å².